The molecule has 1 aliphatic heterocycles. The van der Waals surface area contributed by atoms with Crippen LogP contribution in [0, 0.1) is 13.8 Å². The number of carbonyl (C=O) groups excluding carboxylic acids is 2. The van der Waals surface area contributed by atoms with E-state index in [0.717, 1.165) is 11.3 Å². The number of benzene rings is 1. The van der Waals surface area contributed by atoms with E-state index < -0.39 is 15.8 Å². The van der Waals surface area contributed by atoms with Gasteiger partial charge in [0.2, 0.25) is 5.78 Å². The SMILES string of the molecule is Cc1cc(C(=O)COC(=O)c2ccc(C(C)C)cc2)c(C)n1[C@H]1CCS(=O)(=O)C1. The van der Waals surface area contributed by atoms with Crippen molar-refractivity contribution in [3.63, 3.8) is 0 Å². The molecule has 0 unspecified atom stereocenters. The number of ketones is 1. The number of aromatic nitrogens is 1. The molecule has 29 heavy (non-hydrogen) atoms. The summed E-state index contributed by atoms with van der Waals surface area (Å²) in [4.78, 5) is 24.9. The second-order valence-corrected chi connectivity index (χ2v) is 10.2. The summed E-state index contributed by atoms with van der Waals surface area (Å²) >= 11 is 0. The van der Waals surface area contributed by atoms with Gasteiger partial charge in [0.25, 0.3) is 0 Å². The first-order valence-corrected chi connectivity index (χ1v) is 11.6. The van der Waals surface area contributed by atoms with Gasteiger partial charge in [-0.15, -0.1) is 0 Å². The maximum atomic E-state index is 12.6. The van der Waals surface area contributed by atoms with E-state index in [1.165, 1.54) is 0 Å². The lowest BCUT2D eigenvalue weighted by molar-refractivity contribution is 0.0474. The number of nitrogens with zero attached hydrogens (tertiary/aromatic N) is 1. The third-order valence-electron chi connectivity index (χ3n) is 5.51. The second kappa shape index (κ2) is 8.14. The Bertz CT molecular complexity index is 1030. The number of hydrogen-bond donors (Lipinski definition) is 0. The Morgan fingerprint density at radius 1 is 1.17 bits per heavy atom. The molecule has 1 atom stereocenters. The summed E-state index contributed by atoms with van der Waals surface area (Å²) in [5.74, 6) is -0.197. The number of aryl methyl sites for hydroxylation is 1. The molecule has 1 fully saturated rings. The molecule has 0 N–H and O–H groups in total. The Hall–Kier alpha value is -2.41. The van der Waals surface area contributed by atoms with Gasteiger partial charge in [0.15, 0.2) is 16.4 Å². The van der Waals surface area contributed by atoms with Crippen LogP contribution in [0.1, 0.15) is 69.9 Å². The molecule has 1 saturated heterocycles. The van der Waals surface area contributed by atoms with Gasteiger partial charge in [0.1, 0.15) is 0 Å². The van der Waals surface area contributed by atoms with Crippen molar-refractivity contribution in [1.82, 2.24) is 4.57 Å². The Kier molecular flexibility index (Phi) is 5.98. The molecule has 0 spiro atoms. The van der Waals surface area contributed by atoms with Gasteiger partial charge in [-0.25, -0.2) is 13.2 Å². The third kappa shape index (κ3) is 4.61. The van der Waals surface area contributed by atoms with Gasteiger partial charge in [-0.1, -0.05) is 26.0 Å². The Balaban J connectivity index is 1.68. The first-order valence-electron chi connectivity index (χ1n) is 9.78. The lowest BCUT2D eigenvalue weighted by atomic mass is 10.0. The lowest BCUT2D eigenvalue weighted by Gasteiger charge is -2.16. The number of ether oxygens (including phenoxy) is 1. The average molecular weight is 418 g/mol. The summed E-state index contributed by atoms with van der Waals surface area (Å²) in [5, 5.41) is 0. The highest BCUT2D eigenvalue weighted by Gasteiger charge is 2.31. The van der Waals surface area contributed by atoms with Gasteiger partial charge < -0.3 is 9.30 Å². The van der Waals surface area contributed by atoms with Crippen molar-refractivity contribution in [1.29, 1.82) is 0 Å². The number of sulfone groups is 1. The predicted octanol–water partition coefficient (Wildman–Crippen LogP) is 3.63. The fourth-order valence-corrected chi connectivity index (χ4v) is 5.60. The van der Waals surface area contributed by atoms with Gasteiger partial charge >= 0.3 is 5.97 Å². The third-order valence-corrected chi connectivity index (χ3v) is 7.26. The molecule has 156 valence electrons. The highest BCUT2D eigenvalue weighted by Crippen LogP contribution is 2.29. The molecule has 0 radical (unpaired) electrons. The maximum Gasteiger partial charge on any atom is 0.338 e. The average Bonchev–Trinajstić information content (AvgIpc) is 3.17. The van der Waals surface area contributed by atoms with Crippen molar-refractivity contribution in [3.05, 3.63) is 58.4 Å². The van der Waals surface area contributed by atoms with Crippen molar-refractivity contribution in [2.45, 2.75) is 46.1 Å². The Morgan fingerprint density at radius 3 is 2.38 bits per heavy atom. The first kappa shape index (κ1) is 21.3. The van der Waals surface area contributed by atoms with E-state index in [9.17, 15) is 18.0 Å². The molecule has 7 heteroatoms. The van der Waals surface area contributed by atoms with Crippen LogP contribution in [-0.4, -0.2) is 42.9 Å². The van der Waals surface area contributed by atoms with Crippen LogP contribution in [-0.2, 0) is 14.6 Å². The molecular weight excluding hydrogens is 390 g/mol. The number of Topliss-reactive ketones (excluding diaryl/α,β-unsaturated/α-hetero) is 1. The van der Waals surface area contributed by atoms with Crippen LogP contribution in [0.2, 0.25) is 0 Å². The van der Waals surface area contributed by atoms with E-state index >= 15 is 0 Å². The standard InChI is InChI=1S/C22H27NO5S/c1-14(2)17-5-7-18(8-6-17)22(25)28-12-21(24)20-11-15(3)23(16(20)4)19-9-10-29(26,27)13-19/h5-8,11,14,19H,9-10,12-13H2,1-4H3/t19-/m0/s1. The number of carbonyl (C=O) groups is 2. The molecule has 1 aromatic heterocycles. The van der Waals surface area contributed by atoms with Crippen LogP contribution in [0.25, 0.3) is 0 Å². The number of rotatable bonds is 6. The molecule has 0 saturated carbocycles. The van der Waals surface area contributed by atoms with Crippen molar-refractivity contribution < 1.29 is 22.7 Å². The van der Waals surface area contributed by atoms with Crippen LogP contribution >= 0.6 is 0 Å². The van der Waals surface area contributed by atoms with Crippen LogP contribution in [0.4, 0.5) is 0 Å². The fraction of sp³-hybridized carbons (Fsp3) is 0.455. The highest BCUT2D eigenvalue weighted by atomic mass is 32.2. The van der Waals surface area contributed by atoms with E-state index in [0.29, 0.717) is 29.2 Å². The minimum absolute atomic E-state index is 0.0956. The highest BCUT2D eigenvalue weighted by molar-refractivity contribution is 7.91. The van der Waals surface area contributed by atoms with Crippen LogP contribution in [0.15, 0.2) is 30.3 Å². The quantitative estimate of drug-likeness (QED) is 0.529. The zero-order chi connectivity index (χ0) is 21.3. The number of hydrogen-bond acceptors (Lipinski definition) is 5. The van der Waals surface area contributed by atoms with E-state index in [1.807, 2.05) is 23.6 Å². The lowest BCUT2D eigenvalue weighted by Crippen LogP contribution is -2.17. The fourth-order valence-electron chi connectivity index (χ4n) is 3.90. The van der Waals surface area contributed by atoms with E-state index in [1.54, 1.807) is 25.1 Å². The molecule has 0 aliphatic carbocycles. The molecule has 1 aliphatic rings. The zero-order valence-corrected chi connectivity index (χ0v) is 18.1. The van der Waals surface area contributed by atoms with E-state index in [2.05, 4.69) is 13.8 Å². The summed E-state index contributed by atoms with van der Waals surface area (Å²) in [6.07, 6.45) is 0.549. The van der Waals surface area contributed by atoms with Gasteiger partial charge in [-0.3, -0.25) is 4.79 Å². The monoisotopic (exact) mass is 417 g/mol. The van der Waals surface area contributed by atoms with Gasteiger partial charge in [-0.05, 0) is 49.9 Å². The Morgan fingerprint density at radius 2 is 1.83 bits per heavy atom. The molecule has 0 bridgehead atoms. The minimum atomic E-state index is -3.02. The van der Waals surface area contributed by atoms with Gasteiger partial charge in [0.05, 0.1) is 17.1 Å². The van der Waals surface area contributed by atoms with Crippen molar-refractivity contribution in [3.8, 4) is 0 Å². The van der Waals surface area contributed by atoms with Crippen molar-refractivity contribution in [2.75, 3.05) is 18.1 Å². The normalized spacial score (nSPS) is 18.2. The summed E-state index contributed by atoms with van der Waals surface area (Å²) in [7, 11) is -3.02. The van der Waals surface area contributed by atoms with E-state index in [-0.39, 0.29) is 29.9 Å². The summed E-state index contributed by atoms with van der Waals surface area (Å²) in [6.45, 7) is 7.46. The summed E-state index contributed by atoms with van der Waals surface area (Å²) in [6, 6.07) is 8.76. The smallest absolute Gasteiger partial charge is 0.338 e. The van der Waals surface area contributed by atoms with Crippen LogP contribution in [0.3, 0.4) is 0 Å². The van der Waals surface area contributed by atoms with Crippen molar-refractivity contribution in [2.24, 2.45) is 0 Å². The van der Waals surface area contributed by atoms with Crippen LogP contribution < -0.4 is 0 Å². The molecule has 2 aromatic rings. The van der Waals surface area contributed by atoms with Crippen molar-refractivity contribution >= 4 is 21.6 Å². The minimum Gasteiger partial charge on any atom is -0.454 e. The van der Waals surface area contributed by atoms with E-state index in [4.69, 9.17) is 4.74 Å². The largest absolute Gasteiger partial charge is 0.454 e. The topological polar surface area (TPSA) is 82.4 Å². The second-order valence-electron chi connectivity index (χ2n) is 7.99. The molecule has 3 rings (SSSR count). The van der Waals surface area contributed by atoms with Gasteiger partial charge in [0, 0.05) is 23.0 Å². The molecule has 6 nitrogen and oxygen atoms in total. The molecule has 2 heterocycles. The Labute approximate surface area is 171 Å². The maximum absolute atomic E-state index is 12.6. The first-order chi connectivity index (χ1) is 13.6. The van der Waals surface area contributed by atoms with Gasteiger partial charge in [-0.2, -0.15) is 0 Å². The predicted molar refractivity (Wildman–Crippen MR) is 111 cm³/mol. The summed E-state index contributed by atoms with van der Waals surface area (Å²) in [5.41, 5.74) is 3.55. The summed E-state index contributed by atoms with van der Waals surface area (Å²) < 4.78 is 30.8. The zero-order valence-electron chi connectivity index (χ0n) is 17.3. The number of esters is 1. The molecule has 1 aromatic carbocycles. The van der Waals surface area contributed by atoms with Crippen LogP contribution in [0.5, 0.6) is 0 Å². The molecule has 0 amide bonds. The molecular formula is C22H27NO5S.